The number of aliphatic carboxylic acids is 1. The summed E-state index contributed by atoms with van der Waals surface area (Å²) in [7, 11) is 0. The van der Waals surface area contributed by atoms with E-state index in [1.807, 2.05) is 0 Å². The van der Waals surface area contributed by atoms with E-state index >= 15 is 0 Å². The Balaban J connectivity index is 2.04. The first kappa shape index (κ1) is 18.7. The van der Waals surface area contributed by atoms with E-state index in [0.717, 1.165) is 18.2 Å². The third kappa shape index (κ3) is 4.27. The molecule has 0 bridgehead atoms. The van der Waals surface area contributed by atoms with Crippen LogP contribution in [0.4, 0.5) is 0 Å². The highest BCUT2D eigenvalue weighted by Gasteiger charge is 2.50. The first-order chi connectivity index (χ1) is 11.6. The van der Waals surface area contributed by atoms with Gasteiger partial charge < -0.3 is 25.2 Å². The van der Waals surface area contributed by atoms with Gasteiger partial charge in [0.15, 0.2) is 5.60 Å². The fraction of sp³-hybridized carbons (Fsp3) is 0.375. The van der Waals surface area contributed by atoms with Crippen LogP contribution in [-0.4, -0.2) is 67.8 Å². The van der Waals surface area contributed by atoms with E-state index in [-0.39, 0.29) is 5.57 Å². The predicted octanol–water partition coefficient (Wildman–Crippen LogP) is -1.58. The van der Waals surface area contributed by atoms with Crippen LogP contribution in [0.2, 0.25) is 0 Å². The highest BCUT2D eigenvalue weighted by Crippen LogP contribution is 2.31. The van der Waals surface area contributed by atoms with E-state index in [2.05, 4.69) is 0 Å². The van der Waals surface area contributed by atoms with Crippen LogP contribution in [0.3, 0.4) is 0 Å². The second-order valence-corrected chi connectivity index (χ2v) is 5.82. The van der Waals surface area contributed by atoms with Crippen molar-refractivity contribution < 1.29 is 44.3 Å². The van der Waals surface area contributed by atoms with Crippen LogP contribution in [0.5, 0.6) is 0 Å². The number of aliphatic hydroxyl groups is 3. The standard InChI is InChI=1S/C16H16O9/c17-9-3-1-8(5-10(9)18)2-4-13(20)25-12-7-16(24,15(22)23)6-11(19)14(12)21/h1-5,11-12,14,19,21,24H,6-7H2,(H,22,23)/b4-2+/t11-,12-,14-,16+/m1/s1. The average Bonchev–Trinajstić information content (AvgIpc) is 2.53. The van der Waals surface area contributed by atoms with Gasteiger partial charge in [0.05, 0.1) is 6.10 Å². The lowest BCUT2D eigenvalue weighted by atomic mass is 9.79. The Morgan fingerprint density at radius 3 is 2.44 bits per heavy atom. The number of carboxylic acids is 1. The quantitative estimate of drug-likeness (QED) is 0.203. The number of esters is 1. The average molecular weight is 352 g/mol. The van der Waals surface area contributed by atoms with Crippen LogP contribution in [0.15, 0.2) is 36.0 Å². The summed E-state index contributed by atoms with van der Waals surface area (Å²) in [5.41, 5.74) is -2.05. The SMILES string of the molecule is O=C(/C=C/C1=CC(=O)C(=O)C=C1)O[C@@H]1C[C@](O)(C(=O)O)C[C@@H](O)[C@H]1O. The summed E-state index contributed by atoms with van der Waals surface area (Å²) in [5.74, 6) is -4.01. The number of carbonyl (C=O) groups is 4. The third-order valence-electron chi connectivity index (χ3n) is 3.91. The minimum atomic E-state index is -2.32. The molecule has 0 saturated heterocycles. The van der Waals surface area contributed by atoms with Crippen LogP contribution in [0.25, 0.3) is 0 Å². The number of carbonyl (C=O) groups excluding carboxylic acids is 3. The van der Waals surface area contributed by atoms with Gasteiger partial charge in [-0.2, -0.15) is 0 Å². The maximum absolute atomic E-state index is 11.8. The van der Waals surface area contributed by atoms with Gasteiger partial charge in [-0.25, -0.2) is 9.59 Å². The highest BCUT2D eigenvalue weighted by atomic mass is 16.6. The van der Waals surface area contributed by atoms with Gasteiger partial charge >= 0.3 is 11.9 Å². The molecular weight excluding hydrogens is 336 g/mol. The van der Waals surface area contributed by atoms with Crippen molar-refractivity contribution in [3.05, 3.63) is 36.0 Å². The van der Waals surface area contributed by atoms with Crippen molar-refractivity contribution in [3.8, 4) is 0 Å². The number of aliphatic hydroxyl groups excluding tert-OH is 2. The van der Waals surface area contributed by atoms with E-state index < -0.39 is 60.3 Å². The molecule has 2 rings (SSSR count). The lowest BCUT2D eigenvalue weighted by Gasteiger charge is -2.39. The molecule has 0 aliphatic heterocycles. The number of hydrogen-bond acceptors (Lipinski definition) is 8. The zero-order valence-corrected chi connectivity index (χ0v) is 12.9. The normalized spacial score (nSPS) is 32.6. The van der Waals surface area contributed by atoms with Gasteiger partial charge in [0.1, 0.15) is 12.2 Å². The molecule has 0 aromatic rings. The smallest absolute Gasteiger partial charge is 0.335 e. The number of ether oxygens (including phenoxy) is 1. The topological polar surface area (TPSA) is 158 Å². The largest absolute Gasteiger partial charge is 0.479 e. The Labute approximate surface area is 141 Å². The van der Waals surface area contributed by atoms with Gasteiger partial charge in [-0.3, -0.25) is 9.59 Å². The molecule has 25 heavy (non-hydrogen) atoms. The molecule has 9 heteroatoms. The van der Waals surface area contributed by atoms with Crippen molar-refractivity contribution in [2.24, 2.45) is 0 Å². The molecule has 0 heterocycles. The van der Waals surface area contributed by atoms with Crippen LogP contribution in [0.1, 0.15) is 12.8 Å². The fourth-order valence-corrected chi connectivity index (χ4v) is 2.52. The molecule has 0 unspecified atom stereocenters. The van der Waals surface area contributed by atoms with Gasteiger partial charge in [-0.05, 0) is 23.8 Å². The molecule has 1 saturated carbocycles. The summed E-state index contributed by atoms with van der Waals surface area (Å²) in [4.78, 5) is 45.1. The molecule has 0 aromatic heterocycles. The van der Waals surface area contributed by atoms with Crippen molar-refractivity contribution >= 4 is 23.5 Å². The molecule has 4 atom stereocenters. The Morgan fingerprint density at radius 2 is 1.84 bits per heavy atom. The summed E-state index contributed by atoms with van der Waals surface area (Å²) in [5, 5.41) is 38.4. The van der Waals surface area contributed by atoms with Gasteiger partial charge in [0, 0.05) is 18.9 Å². The molecule has 1 fully saturated rings. The van der Waals surface area contributed by atoms with Crippen LogP contribution < -0.4 is 0 Å². The molecule has 0 radical (unpaired) electrons. The highest BCUT2D eigenvalue weighted by molar-refractivity contribution is 6.46. The molecule has 2 aliphatic rings. The minimum Gasteiger partial charge on any atom is -0.479 e. The molecule has 0 aromatic carbocycles. The second kappa shape index (κ2) is 7.09. The number of hydrogen-bond donors (Lipinski definition) is 4. The molecule has 9 nitrogen and oxygen atoms in total. The van der Waals surface area contributed by atoms with Gasteiger partial charge in [-0.15, -0.1) is 0 Å². The molecular formula is C16H16O9. The van der Waals surface area contributed by atoms with Gasteiger partial charge in [0.25, 0.3) is 0 Å². The van der Waals surface area contributed by atoms with E-state index in [1.165, 1.54) is 12.2 Å². The molecule has 0 spiro atoms. The second-order valence-electron chi connectivity index (χ2n) is 5.82. The monoisotopic (exact) mass is 352 g/mol. The number of carboxylic acid groups (broad SMARTS) is 1. The van der Waals surface area contributed by atoms with Gasteiger partial charge in [-0.1, -0.05) is 6.08 Å². The van der Waals surface area contributed by atoms with Gasteiger partial charge in [0.2, 0.25) is 11.6 Å². The Morgan fingerprint density at radius 1 is 1.16 bits per heavy atom. The lowest BCUT2D eigenvalue weighted by molar-refractivity contribution is -0.196. The zero-order valence-electron chi connectivity index (χ0n) is 12.9. The number of rotatable bonds is 4. The molecule has 0 amide bonds. The first-order valence-electron chi connectivity index (χ1n) is 7.31. The summed E-state index contributed by atoms with van der Waals surface area (Å²) >= 11 is 0. The van der Waals surface area contributed by atoms with E-state index in [9.17, 15) is 34.5 Å². The predicted molar refractivity (Wildman–Crippen MR) is 80.1 cm³/mol. The van der Waals surface area contributed by atoms with Crippen molar-refractivity contribution in [1.82, 2.24) is 0 Å². The van der Waals surface area contributed by atoms with E-state index in [0.29, 0.717) is 0 Å². The van der Waals surface area contributed by atoms with E-state index in [4.69, 9.17) is 9.84 Å². The Kier molecular flexibility index (Phi) is 5.31. The maximum Gasteiger partial charge on any atom is 0.335 e. The van der Waals surface area contributed by atoms with Crippen LogP contribution in [-0.2, 0) is 23.9 Å². The Bertz CT molecular complexity index is 702. The van der Waals surface area contributed by atoms with Crippen molar-refractivity contribution in [1.29, 1.82) is 0 Å². The minimum absolute atomic E-state index is 0.271. The Hall–Kier alpha value is -2.62. The summed E-state index contributed by atoms with van der Waals surface area (Å²) < 4.78 is 4.90. The summed E-state index contributed by atoms with van der Waals surface area (Å²) in [6, 6.07) is 0. The van der Waals surface area contributed by atoms with Crippen LogP contribution in [0, 0.1) is 0 Å². The lowest BCUT2D eigenvalue weighted by Crippen LogP contribution is -2.57. The van der Waals surface area contributed by atoms with Crippen molar-refractivity contribution in [3.63, 3.8) is 0 Å². The first-order valence-corrected chi connectivity index (χ1v) is 7.31. The van der Waals surface area contributed by atoms with Crippen molar-refractivity contribution in [2.75, 3.05) is 0 Å². The summed E-state index contributed by atoms with van der Waals surface area (Å²) in [6.07, 6.45) is -0.260. The van der Waals surface area contributed by atoms with E-state index in [1.54, 1.807) is 0 Å². The van der Waals surface area contributed by atoms with Crippen LogP contribution >= 0.6 is 0 Å². The summed E-state index contributed by atoms with van der Waals surface area (Å²) in [6.45, 7) is 0. The molecule has 134 valence electrons. The molecule has 2 aliphatic carbocycles. The van der Waals surface area contributed by atoms with Crippen molar-refractivity contribution in [2.45, 2.75) is 36.8 Å². The fourth-order valence-electron chi connectivity index (χ4n) is 2.52. The maximum atomic E-state index is 11.8. The third-order valence-corrected chi connectivity index (χ3v) is 3.91. The zero-order chi connectivity index (χ0) is 18.8. The molecule has 4 N–H and O–H groups in total. The number of ketones is 2. The number of allylic oxidation sites excluding steroid dienone is 5.